The number of aromatic nitrogens is 2. The van der Waals surface area contributed by atoms with Gasteiger partial charge in [0.1, 0.15) is 29.8 Å². The highest BCUT2D eigenvalue weighted by atomic mass is 16.5. The maximum Gasteiger partial charge on any atom is 0.262 e. The van der Waals surface area contributed by atoms with Gasteiger partial charge in [-0.3, -0.25) is 44.1 Å². The van der Waals surface area contributed by atoms with Crippen LogP contribution in [0.2, 0.25) is 0 Å². The number of carbonyl (C=O) groups excluding carboxylic acids is 5. The van der Waals surface area contributed by atoms with Gasteiger partial charge in [-0.1, -0.05) is 27.7 Å². The fourth-order valence-electron chi connectivity index (χ4n) is 11.4. The first-order chi connectivity index (χ1) is 30.2. The van der Waals surface area contributed by atoms with Gasteiger partial charge in [-0.25, -0.2) is 4.98 Å². The van der Waals surface area contributed by atoms with Gasteiger partial charge in [-0.2, -0.15) is 5.26 Å². The van der Waals surface area contributed by atoms with Crippen LogP contribution in [0.5, 0.6) is 5.75 Å². The van der Waals surface area contributed by atoms with Gasteiger partial charge in [0.05, 0.1) is 33.5 Å². The van der Waals surface area contributed by atoms with E-state index in [1.54, 1.807) is 24.4 Å². The van der Waals surface area contributed by atoms with Crippen molar-refractivity contribution in [2.45, 2.75) is 77.9 Å². The van der Waals surface area contributed by atoms with Crippen molar-refractivity contribution in [3.05, 3.63) is 88.7 Å². The number of hydrogen-bond acceptors (Lipinski definition) is 12. The number of nitrogens with zero attached hydrogens (tertiary/aromatic N) is 7. The third-order valence-electron chi connectivity index (χ3n) is 14.3. The molecule has 63 heavy (non-hydrogen) atoms. The Kier molecular flexibility index (Phi) is 10.7. The van der Waals surface area contributed by atoms with Gasteiger partial charge in [-0.05, 0) is 92.7 Å². The number of fused-ring (bicyclic) bond motifs is 2. The molecule has 3 saturated heterocycles. The van der Waals surface area contributed by atoms with Crippen molar-refractivity contribution in [2.75, 3.05) is 55.6 Å². The molecule has 5 aliphatic rings. The number of amides is 5. The average molecular weight is 852 g/mol. The molecule has 2 aromatic heterocycles. The molecule has 5 amide bonds. The zero-order valence-electron chi connectivity index (χ0n) is 36.2. The van der Waals surface area contributed by atoms with E-state index < -0.39 is 46.4 Å². The number of benzene rings is 2. The Hall–Kier alpha value is -6.40. The summed E-state index contributed by atoms with van der Waals surface area (Å²) in [5.74, 6) is -0.522. The fourth-order valence-corrected chi connectivity index (χ4v) is 11.4. The lowest BCUT2D eigenvalue weighted by Gasteiger charge is -2.63. The molecule has 15 heteroatoms. The number of hydrogen-bond donors (Lipinski definition) is 2. The molecule has 9 rings (SSSR count). The first-order valence-electron chi connectivity index (χ1n) is 22.0. The van der Waals surface area contributed by atoms with Gasteiger partial charge in [0, 0.05) is 79.7 Å². The molecule has 0 bridgehead atoms. The molecule has 326 valence electrons. The van der Waals surface area contributed by atoms with E-state index in [0.717, 1.165) is 86.9 Å². The van der Waals surface area contributed by atoms with Crippen molar-refractivity contribution in [1.29, 1.82) is 5.26 Å². The summed E-state index contributed by atoms with van der Waals surface area (Å²) < 4.78 is 6.79. The second-order valence-corrected chi connectivity index (χ2v) is 18.9. The molecule has 3 N–H and O–H groups in total. The number of anilines is 2. The number of nitriles is 1. The van der Waals surface area contributed by atoms with Crippen LogP contribution >= 0.6 is 0 Å². The fraction of sp³-hybridized carbons (Fsp3) is 0.458. The van der Waals surface area contributed by atoms with Gasteiger partial charge in [0.25, 0.3) is 17.7 Å². The SMILES string of the molecule is CC1(C)[C@H](Oc2ccc(C#N)c3ncccc23)C(C)(C)[C@H]1c1nc(N2CCC(CCN3CCN(c4ccc5c(c4)C(=O)N(C4CCC(=O)NC4=O)C5=O)CC3)CC2)ccc1C(N)=O. The van der Waals surface area contributed by atoms with E-state index in [2.05, 4.69) is 58.8 Å². The van der Waals surface area contributed by atoms with E-state index in [1.807, 2.05) is 36.4 Å². The summed E-state index contributed by atoms with van der Waals surface area (Å²) in [5, 5.41) is 12.7. The molecule has 0 spiro atoms. The Morgan fingerprint density at radius 3 is 2.32 bits per heavy atom. The maximum atomic E-state index is 13.4. The van der Waals surface area contributed by atoms with E-state index in [1.165, 1.54) is 0 Å². The van der Waals surface area contributed by atoms with Gasteiger partial charge < -0.3 is 20.3 Å². The Morgan fingerprint density at radius 2 is 1.62 bits per heavy atom. The molecule has 2 aromatic carbocycles. The quantitative estimate of drug-likeness (QED) is 0.203. The van der Waals surface area contributed by atoms with Gasteiger partial charge in [0.2, 0.25) is 11.8 Å². The predicted molar refractivity (Wildman–Crippen MR) is 235 cm³/mol. The second-order valence-electron chi connectivity index (χ2n) is 18.9. The molecule has 0 radical (unpaired) electrons. The average Bonchev–Trinajstić information content (AvgIpc) is 3.52. The summed E-state index contributed by atoms with van der Waals surface area (Å²) in [6.07, 6.45) is 4.83. The first-order valence-corrected chi connectivity index (χ1v) is 22.0. The largest absolute Gasteiger partial charge is 0.489 e. The van der Waals surface area contributed by atoms with Crippen molar-refractivity contribution < 1.29 is 28.7 Å². The Morgan fingerprint density at radius 1 is 0.889 bits per heavy atom. The topological polar surface area (TPSA) is 195 Å². The molecule has 1 aliphatic carbocycles. The number of carbonyl (C=O) groups is 5. The number of nitrogens with two attached hydrogens (primary N) is 1. The van der Waals surface area contributed by atoms with Crippen LogP contribution in [-0.4, -0.2) is 107 Å². The predicted octanol–water partition coefficient (Wildman–Crippen LogP) is 5.03. The maximum absolute atomic E-state index is 13.4. The standard InChI is InChI=1S/C48H53N9O6/c1-47(2)41(48(3,4)46(47)63-36-12-7-29(27-49)39-32(36)6-5-18-51-39)40-33(42(50)59)10-13-37(52-40)56-20-16-28(17-21-56)15-19-54-22-24-55(25-23-54)30-8-9-31-34(26-30)45(62)57(44(31)61)35-11-14-38(58)53-43(35)60/h5-10,12-13,18,26,28,35,41,46H,11,14-17,19-25H2,1-4H3,(H2,50,59)(H,53,58,60)/t35?,41-,46-. The molecule has 1 atom stereocenters. The number of piperazine rings is 1. The summed E-state index contributed by atoms with van der Waals surface area (Å²) in [6, 6.07) is 17.7. The van der Waals surface area contributed by atoms with Crippen LogP contribution in [0, 0.1) is 28.1 Å². The molecule has 15 nitrogen and oxygen atoms in total. The molecule has 6 heterocycles. The number of pyridine rings is 2. The minimum Gasteiger partial charge on any atom is -0.489 e. The van der Waals surface area contributed by atoms with E-state index in [-0.39, 0.29) is 30.4 Å². The van der Waals surface area contributed by atoms with Crippen molar-refractivity contribution in [3.8, 4) is 11.8 Å². The van der Waals surface area contributed by atoms with E-state index >= 15 is 0 Å². The molecular formula is C48H53N9O6. The molecule has 1 unspecified atom stereocenters. The van der Waals surface area contributed by atoms with Crippen LogP contribution in [0.15, 0.2) is 60.8 Å². The lowest BCUT2D eigenvalue weighted by molar-refractivity contribution is -0.161. The van der Waals surface area contributed by atoms with Gasteiger partial charge in [-0.15, -0.1) is 0 Å². The number of imide groups is 2. The number of nitrogens with one attached hydrogen (secondary N) is 1. The molecule has 4 aromatic rings. The number of piperidine rings is 2. The Balaban J connectivity index is 0.795. The van der Waals surface area contributed by atoms with Crippen molar-refractivity contribution >= 4 is 51.9 Å². The minimum absolute atomic E-state index is 0.0854. The zero-order chi connectivity index (χ0) is 44.4. The number of ether oxygens (including phenoxy) is 1. The van der Waals surface area contributed by atoms with Gasteiger partial charge in [0.15, 0.2) is 0 Å². The lowest BCUT2D eigenvalue weighted by Crippen LogP contribution is -2.64. The van der Waals surface area contributed by atoms with Crippen LogP contribution in [0.1, 0.15) is 108 Å². The lowest BCUT2D eigenvalue weighted by atomic mass is 9.44. The molecule has 4 aliphatic heterocycles. The highest BCUT2D eigenvalue weighted by Gasteiger charge is 2.65. The van der Waals surface area contributed by atoms with Crippen LogP contribution in [-0.2, 0) is 9.59 Å². The van der Waals surface area contributed by atoms with Gasteiger partial charge >= 0.3 is 0 Å². The number of rotatable bonds is 10. The molecule has 4 fully saturated rings. The van der Waals surface area contributed by atoms with E-state index in [9.17, 15) is 29.2 Å². The molecular weight excluding hydrogens is 799 g/mol. The Bertz CT molecular complexity index is 2570. The van der Waals surface area contributed by atoms with Crippen LogP contribution in [0.25, 0.3) is 10.9 Å². The normalized spacial score (nSPS) is 23.6. The summed E-state index contributed by atoms with van der Waals surface area (Å²) in [7, 11) is 0. The highest BCUT2D eigenvalue weighted by molar-refractivity contribution is 6.23. The van der Waals surface area contributed by atoms with Crippen LogP contribution in [0.3, 0.4) is 0 Å². The van der Waals surface area contributed by atoms with Crippen LogP contribution in [0.4, 0.5) is 11.5 Å². The minimum atomic E-state index is -0.982. The summed E-state index contributed by atoms with van der Waals surface area (Å²) in [6.45, 7) is 14.7. The third-order valence-corrected chi connectivity index (χ3v) is 14.3. The van der Waals surface area contributed by atoms with Crippen molar-refractivity contribution in [1.82, 2.24) is 25.1 Å². The summed E-state index contributed by atoms with van der Waals surface area (Å²) in [5.41, 5.74) is 8.86. The third kappa shape index (κ3) is 7.33. The Labute approximate surface area is 366 Å². The number of primary amides is 1. The monoisotopic (exact) mass is 851 g/mol. The highest BCUT2D eigenvalue weighted by Crippen LogP contribution is 2.65. The van der Waals surface area contributed by atoms with Crippen LogP contribution < -0.4 is 25.6 Å². The zero-order valence-corrected chi connectivity index (χ0v) is 36.2. The van der Waals surface area contributed by atoms with Crippen molar-refractivity contribution in [3.63, 3.8) is 0 Å². The summed E-state index contributed by atoms with van der Waals surface area (Å²) >= 11 is 0. The second kappa shape index (κ2) is 16.1. The smallest absolute Gasteiger partial charge is 0.262 e. The molecule has 1 saturated carbocycles. The van der Waals surface area contributed by atoms with E-state index in [4.69, 9.17) is 15.5 Å². The van der Waals surface area contributed by atoms with E-state index in [0.29, 0.717) is 39.6 Å². The summed E-state index contributed by atoms with van der Waals surface area (Å²) in [4.78, 5) is 81.3. The first kappa shape index (κ1) is 41.9. The van der Waals surface area contributed by atoms with Crippen molar-refractivity contribution in [2.24, 2.45) is 22.5 Å².